The van der Waals surface area contributed by atoms with Crippen molar-refractivity contribution in [2.45, 2.75) is 32.1 Å². The van der Waals surface area contributed by atoms with Gasteiger partial charge in [0.2, 0.25) is 5.78 Å². The minimum atomic E-state index is -0.323. The molecule has 188 valence electrons. The molecule has 0 radical (unpaired) electrons. The average molecular weight is 506 g/mol. The van der Waals surface area contributed by atoms with Gasteiger partial charge in [0, 0.05) is 18.2 Å². The lowest BCUT2D eigenvalue weighted by atomic mass is 9.97. The molecule has 7 nitrogen and oxygen atoms in total. The van der Waals surface area contributed by atoms with Crippen LogP contribution in [0.2, 0.25) is 0 Å². The molecule has 0 atom stereocenters. The maximum absolute atomic E-state index is 13.4. The van der Waals surface area contributed by atoms with Gasteiger partial charge in [0.1, 0.15) is 21.4 Å². The Morgan fingerprint density at radius 2 is 1.86 bits per heavy atom. The zero-order valence-electron chi connectivity index (χ0n) is 20.6. The van der Waals surface area contributed by atoms with Gasteiger partial charge in [0.15, 0.2) is 0 Å². The maximum Gasteiger partial charge on any atom is 0.256 e. The second-order valence-corrected chi connectivity index (χ2v) is 9.57. The minimum absolute atomic E-state index is 0.160. The van der Waals surface area contributed by atoms with E-state index in [4.69, 9.17) is 15.2 Å². The number of benzene rings is 2. The summed E-state index contributed by atoms with van der Waals surface area (Å²) in [6.07, 6.45) is 7.67. The van der Waals surface area contributed by atoms with E-state index in [1.165, 1.54) is 18.4 Å². The standard InChI is InChI=1S/C28H31N3O4S/c1-34-20-13-14-22(35-2)21(17-20)31-28-23(27(33)30-16-15-18-9-5-3-6-10-18)24(29)26(36-28)25(32)19-11-7-4-8-12-19/h4,7-9,11-14,17,31H,3,5-6,10,15-16,29H2,1-2H3,(H,30,33). The van der Waals surface area contributed by atoms with Crippen molar-refractivity contribution in [2.75, 3.05) is 31.8 Å². The van der Waals surface area contributed by atoms with E-state index in [0.29, 0.717) is 39.2 Å². The molecule has 1 aromatic heterocycles. The van der Waals surface area contributed by atoms with Gasteiger partial charge in [-0.15, -0.1) is 11.3 Å². The summed E-state index contributed by atoms with van der Waals surface area (Å²) < 4.78 is 10.8. The first kappa shape index (κ1) is 25.3. The first-order valence-electron chi connectivity index (χ1n) is 12.0. The van der Waals surface area contributed by atoms with Crippen molar-refractivity contribution in [3.05, 3.63) is 76.2 Å². The van der Waals surface area contributed by atoms with Crippen LogP contribution < -0.4 is 25.8 Å². The molecule has 0 aliphatic heterocycles. The van der Waals surface area contributed by atoms with E-state index in [1.807, 2.05) is 6.07 Å². The van der Waals surface area contributed by atoms with Crippen LogP contribution in [0.5, 0.6) is 11.5 Å². The molecule has 0 unspecified atom stereocenters. The van der Waals surface area contributed by atoms with Gasteiger partial charge in [-0.25, -0.2) is 0 Å². The van der Waals surface area contributed by atoms with Gasteiger partial charge in [0.05, 0.1) is 31.2 Å². The van der Waals surface area contributed by atoms with E-state index in [-0.39, 0.29) is 22.9 Å². The number of anilines is 3. The number of ether oxygens (including phenoxy) is 2. The fraction of sp³-hybridized carbons (Fsp3) is 0.286. The smallest absolute Gasteiger partial charge is 0.256 e. The molecule has 0 fully saturated rings. The molecular weight excluding hydrogens is 474 g/mol. The van der Waals surface area contributed by atoms with E-state index >= 15 is 0 Å². The van der Waals surface area contributed by atoms with Crippen molar-refractivity contribution in [2.24, 2.45) is 0 Å². The molecule has 2 aromatic carbocycles. The highest BCUT2D eigenvalue weighted by Crippen LogP contribution is 2.41. The van der Waals surface area contributed by atoms with Gasteiger partial charge in [-0.1, -0.05) is 42.0 Å². The SMILES string of the molecule is COc1ccc(OC)c(Nc2sc(C(=O)c3ccccc3)c(N)c2C(=O)NCCC2=CCCCC2)c1. The molecule has 1 amide bonds. The molecule has 36 heavy (non-hydrogen) atoms. The number of allylic oxidation sites excluding steroid dienone is 1. The van der Waals surface area contributed by atoms with Crippen molar-refractivity contribution < 1.29 is 19.1 Å². The summed E-state index contributed by atoms with van der Waals surface area (Å²) in [7, 11) is 3.14. The fourth-order valence-corrected chi connectivity index (χ4v) is 5.33. The number of hydrogen-bond acceptors (Lipinski definition) is 7. The Kier molecular flexibility index (Phi) is 8.28. The summed E-state index contributed by atoms with van der Waals surface area (Å²) >= 11 is 1.15. The number of carbonyl (C=O) groups excluding carboxylic acids is 2. The molecule has 0 spiro atoms. The molecule has 4 rings (SSSR count). The van der Waals surface area contributed by atoms with Crippen LogP contribution in [-0.2, 0) is 0 Å². The van der Waals surface area contributed by atoms with Crippen LogP contribution in [0.25, 0.3) is 0 Å². The van der Waals surface area contributed by atoms with E-state index in [0.717, 1.165) is 30.6 Å². The van der Waals surface area contributed by atoms with Crippen LogP contribution in [0.15, 0.2) is 60.2 Å². The summed E-state index contributed by atoms with van der Waals surface area (Å²) in [4.78, 5) is 26.9. The van der Waals surface area contributed by atoms with E-state index in [1.54, 1.807) is 56.7 Å². The number of amides is 1. The van der Waals surface area contributed by atoms with Crippen LogP contribution in [-0.4, -0.2) is 32.5 Å². The molecule has 0 saturated heterocycles. The predicted octanol–water partition coefficient (Wildman–Crippen LogP) is 5.94. The summed E-state index contributed by atoms with van der Waals surface area (Å²) in [5.41, 5.74) is 9.35. The van der Waals surface area contributed by atoms with Gasteiger partial charge >= 0.3 is 0 Å². The molecule has 8 heteroatoms. The Morgan fingerprint density at radius 3 is 2.56 bits per heavy atom. The quantitative estimate of drug-likeness (QED) is 0.233. The van der Waals surface area contributed by atoms with E-state index in [9.17, 15) is 9.59 Å². The molecule has 4 N–H and O–H groups in total. The lowest BCUT2D eigenvalue weighted by molar-refractivity contribution is 0.0956. The third-order valence-electron chi connectivity index (χ3n) is 6.19. The van der Waals surface area contributed by atoms with Crippen LogP contribution in [0, 0.1) is 0 Å². The summed E-state index contributed by atoms with van der Waals surface area (Å²) in [6, 6.07) is 14.2. The number of nitrogens with two attached hydrogens (primary N) is 1. The Bertz CT molecular complexity index is 1270. The topological polar surface area (TPSA) is 103 Å². The Morgan fingerprint density at radius 1 is 1.06 bits per heavy atom. The highest BCUT2D eigenvalue weighted by atomic mass is 32.1. The van der Waals surface area contributed by atoms with Gasteiger partial charge in [0.25, 0.3) is 5.91 Å². The lowest BCUT2D eigenvalue weighted by Gasteiger charge is -2.14. The first-order valence-corrected chi connectivity index (χ1v) is 12.8. The molecular formula is C28H31N3O4S. The Balaban J connectivity index is 1.66. The summed E-state index contributed by atoms with van der Waals surface area (Å²) in [5, 5.41) is 6.73. The van der Waals surface area contributed by atoms with Crippen LogP contribution in [0.3, 0.4) is 0 Å². The lowest BCUT2D eigenvalue weighted by Crippen LogP contribution is -2.26. The average Bonchev–Trinajstić information content (AvgIpc) is 3.24. The van der Waals surface area contributed by atoms with Crippen LogP contribution in [0.1, 0.15) is 57.7 Å². The second-order valence-electron chi connectivity index (χ2n) is 8.55. The minimum Gasteiger partial charge on any atom is -0.497 e. The van der Waals surface area contributed by atoms with E-state index in [2.05, 4.69) is 16.7 Å². The molecule has 1 heterocycles. The van der Waals surface area contributed by atoms with Crippen LogP contribution >= 0.6 is 11.3 Å². The largest absolute Gasteiger partial charge is 0.497 e. The predicted molar refractivity (Wildman–Crippen MR) is 145 cm³/mol. The maximum atomic E-state index is 13.4. The molecule has 0 bridgehead atoms. The van der Waals surface area contributed by atoms with Crippen molar-refractivity contribution in [1.82, 2.24) is 5.32 Å². The third kappa shape index (κ3) is 5.71. The van der Waals surface area contributed by atoms with Gasteiger partial charge in [-0.3, -0.25) is 9.59 Å². The number of nitrogens with one attached hydrogen (secondary N) is 2. The fourth-order valence-electron chi connectivity index (χ4n) is 4.24. The van der Waals surface area contributed by atoms with Gasteiger partial charge in [-0.05, 0) is 44.2 Å². The van der Waals surface area contributed by atoms with Crippen molar-refractivity contribution in [1.29, 1.82) is 0 Å². The highest BCUT2D eigenvalue weighted by molar-refractivity contribution is 7.19. The first-order chi connectivity index (χ1) is 17.5. The number of hydrogen-bond donors (Lipinski definition) is 3. The number of nitrogen functional groups attached to an aromatic ring is 1. The second kappa shape index (κ2) is 11.8. The highest BCUT2D eigenvalue weighted by Gasteiger charge is 2.27. The molecule has 1 aliphatic carbocycles. The normalized spacial score (nSPS) is 13.0. The number of thiophene rings is 1. The zero-order valence-corrected chi connectivity index (χ0v) is 21.4. The summed E-state index contributed by atoms with van der Waals surface area (Å²) in [6.45, 7) is 0.504. The zero-order chi connectivity index (χ0) is 25.5. The van der Waals surface area contributed by atoms with E-state index < -0.39 is 0 Å². The van der Waals surface area contributed by atoms with Crippen molar-refractivity contribution >= 4 is 39.4 Å². The number of rotatable bonds is 10. The van der Waals surface area contributed by atoms with Crippen molar-refractivity contribution in [3.8, 4) is 11.5 Å². The van der Waals surface area contributed by atoms with Crippen molar-refractivity contribution in [3.63, 3.8) is 0 Å². The molecule has 3 aromatic rings. The van der Waals surface area contributed by atoms with Gasteiger partial charge in [-0.2, -0.15) is 0 Å². The third-order valence-corrected chi connectivity index (χ3v) is 7.31. The monoisotopic (exact) mass is 505 g/mol. The Labute approximate surface area is 215 Å². The number of carbonyl (C=O) groups is 2. The Hall–Kier alpha value is -3.78. The van der Waals surface area contributed by atoms with Crippen LogP contribution in [0.4, 0.5) is 16.4 Å². The molecule has 0 saturated carbocycles. The number of methoxy groups -OCH3 is 2. The molecule has 1 aliphatic rings. The summed E-state index contributed by atoms with van der Waals surface area (Å²) in [5.74, 6) is 0.631. The van der Waals surface area contributed by atoms with Gasteiger partial charge < -0.3 is 25.8 Å². The number of ketones is 1.